The SMILES string of the molecule is Cc1ncoc1C(=O)NC1CN(C2CCOCC2)CC1C(C)C. The molecule has 1 aromatic rings. The number of amides is 1. The average molecular weight is 321 g/mol. The summed E-state index contributed by atoms with van der Waals surface area (Å²) in [6.07, 6.45) is 3.51. The first-order valence-corrected chi connectivity index (χ1v) is 8.59. The van der Waals surface area contributed by atoms with E-state index in [2.05, 4.69) is 29.0 Å². The average Bonchev–Trinajstić information content (AvgIpc) is 3.14. The molecule has 2 unspecified atom stereocenters. The monoisotopic (exact) mass is 321 g/mol. The number of carbonyl (C=O) groups is 1. The molecular formula is C17H27N3O3. The van der Waals surface area contributed by atoms with Gasteiger partial charge >= 0.3 is 0 Å². The Morgan fingerprint density at radius 1 is 1.35 bits per heavy atom. The second-order valence-electron chi connectivity index (χ2n) is 7.05. The maximum atomic E-state index is 12.5. The summed E-state index contributed by atoms with van der Waals surface area (Å²) in [4.78, 5) is 19.0. The maximum absolute atomic E-state index is 12.5. The van der Waals surface area contributed by atoms with Crippen LogP contribution in [0.1, 0.15) is 42.9 Å². The van der Waals surface area contributed by atoms with E-state index in [1.807, 2.05) is 0 Å². The van der Waals surface area contributed by atoms with Crippen LogP contribution >= 0.6 is 0 Å². The van der Waals surface area contributed by atoms with E-state index in [0.29, 0.717) is 29.3 Å². The number of oxazole rings is 1. The predicted molar refractivity (Wildman–Crippen MR) is 86.2 cm³/mol. The number of aromatic nitrogens is 1. The Kier molecular flexibility index (Phi) is 5.02. The van der Waals surface area contributed by atoms with Crippen LogP contribution < -0.4 is 5.32 Å². The second kappa shape index (κ2) is 7.01. The largest absolute Gasteiger partial charge is 0.438 e. The third-order valence-electron chi connectivity index (χ3n) is 5.23. The molecule has 1 aromatic heterocycles. The highest BCUT2D eigenvalue weighted by Gasteiger charge is 2.39. The number of likely N-dealkylation sites (tertiary alicyclic amines) is 1. The number of hydrogen-bond donors (Lipinski definition) is 1. The second-order valence-corrected chi connectivity index (χ2v) is 7.05. The molecule has 0 radical (unpaired) electrons. The van der Waals surface area contributed by atoms with Crippen LogP contribution in [-0.2, 0) is 4.74 Å². The summed E-state index contributed by atoms with van der Waals surface area (Å²) in [5, 5.41) is 3.18. The number of nitrogens with one attached hydrogen (secondary N) is 1. The number of aryl methyl sites for hydroxylation is 1. The first-order valence-electron chi connectivity index (χ1n) is 8.59. The van der Waals surface area contributed by atoms with Crippen LogP contribution in [0.25, 0.3) is 0 Å². The molecule has 3 heterocycles. The minimum atomic E-state index is -0.149. The molecule has 2 saturated heterocycles. The van der Waals surface area contributed by atoms with Gasteiger partial charge in [0.25, 0.3) is 5.91 Å². The molecule has 0 bridgehead atoms. The molecule has 0 aliphatic carbocycles. The lowest BCUT2D eigenvalue weighted by molar-refractivity contribution is 0.0401. The molecule has 2 aliphatic rings. The van der Waals surface area contributed by atoms with Crippen molar-refractivity contribution in [1.29, 1.82) is 0 Å². The van der Waals surface area contributed by atoms with E-state index >= 15 is 0 Å². The topological polar surface area (TPSA) is 67.6 Å². The molecule has 0 spiro atoms. The summed E-state index contributed by atoms with van der Waals surface area (Å²) >= 11 is 0. The van der Waals surface area contributed by atoms with E-state index < -0.39 is 0 Å². The summed E-state index contributed by atoms with van der Waals surface area (Å²) in [5.74, 6) is 1.17. The van der Waals surface area contributed by atoms with Gasteiger partial charge in [0, 0.05) is 38.4 Å². The Balaban J connectivity index is 1.66. The third kappa shape index (κ3) is 3.58. The van der Waals surface area contributed by atoms with E-state index in [1.54, 1.807) is 6.92 Å². The van der Waals surface area contributed by atoms with Crippen LogP contribution in [0, 0.1) is 18.8 Å². The van der Waals surface area contributed by atoms with Gasteiger partial charge < -0.3 is 14.5 Å². The molecule has 0 aromatic carbocycles. The van der Waals surface area contributed by atoms with E-state index in [9.17, 15) is 4.79 Å². The standard InChI is InChI=1S/C17H27N3O3/c1-11(2)14-8-20(13-4-6-22-7-5-13)9-15(14)19-17(21)16-12(3)18-10-23-16/h10-11,13-15H,4-9H2,1-3H3,(H,19,21). The van der Waals surface area contributed by atoms with Crippen molar-refractivity contribution in [3.05, 3.63) is 17.8 Å². The Morgan fingerprint density at radius 3 is 2.70 bits per heavy atom. The van der Waals surface area contributed by atoms with Gasteiger partial charge in [-0.15, -0.1) is 0 Å². The van der Waals surface area contributed by atoms with Crippen LogP contribution in [0.4, 0.5) is 0 Å². The van der Waals surface area contributed by atoms with E-state index in [1.165, 1.54) is 6.39 Å². The quantitative estimate of drug-likeness (QED) is 0.916. The Morgan fingerprint density at radius 2 is 2.09 bits per heavy atom. The lowest BCUT2D eigenvalue weighted by atomic mass is 9.91. The van der Waals surface area contributed by atoms with Crippen LogP contribution in [0.3, 0.4) is 0 Å². The molecule has 1 amide bonds. The van der Waals surface area contributed by atoms with Crippen LogP contribution in [-0.4, -0.2) is 54.2 Å². The van der Waals surface area contributed by atoms with Gasteiger partial charge in [-0.05, 0) is 31.6 Å². The van der Waals surface area contributed by atoms with Gasteiger partial charge in [-0.25, -0.2) is 4.98 Å². The van der Waals surface area contributed by atoms with Gasteiger partial charge in [0.15, 0.2) is 6.39 Å². The summed E-state index contributed by atoms with van der Waals surface area (Å²) in [6.45, 7) is 9.91. The van der Waals surface area contributed by atoms with E-state index in [0.717, 1.165) is 39.1 Å². The van der Waals surface area contributed by atoms with Crippen molar-refractivity contribution in [2.24, 2.45) is 11.8 Å². The van der Waals surface area contributed by atoms with Crippen molar-refractivity contribution in [3.63, 3.8) is 0 Å². The van der Waals surface area contributed by atoms with Gasteiger partial charge in [-0.2, -0.15) is 0 Å². The van der Waals surface area contributed by atoms with Crippen molar-refractivity contribution < 1.29 is 13.9 Å². The highest BCUT2D eigenvalue weighted by atomic mass is 16.5. The fraction of sp³-hybridized carbons (Fsp3) is 0.765. The number of rotatable bonds is 4. The van der Waals surface area contributed by atoms with Gasteiger partial charge in [0.05, 0.1) is 5.69 Å². The fourth-order valence-corrected chi connectivity index (χ4v) is 3.79. The molecule has 6 heteroatoms. The number of carbonyl (C=O) groups excluding carboxylic acids is 1. The molecule has 2 aliphatic heterocycles. The predicted octanol–water partition coefficient (Wildman–Crippen LogP) is 1.85. The van der Waals surface area contributed by atoms with E-state index in [-0.39, 0.29) is 11.9 Å². The van der Waals surface area contributed by atoms with Crippen molar-refractivity contribution in [2.45, 2.75) is 45.7 Å². The summed E-state index contributed by atoms with van der Waals surface area (Å²) in [6, 6.07) is 0.744. The van der Waals surface area contributed by atoms with Crippen molar-refractivity contribution in [1.82, 2.24) is 15.2 Å². The van der Waals surface area contributed by atoms with Crippen LogP contribution in [0.5, 0.6) is 0 Å². The third-order valence-corrected chi connectivity index (χ3v) is 5.23. The molecule has 0 saturated carbocycles. The molecule has 2 fully saturated rings. The van der Waals surface area contributed by atoms with Gasteiger partial charge in [0.1, 0.15) is 0 Å². The molecule has 128 valence electrons. The van der Waals surface area contributed by atoms with Crippen molar-refractivity contribution >= 4 is 5.91 Å². The zero-order chi connectivity index (χ0) is 16.4. The number of nitrogens with zero attached hydrogens (tertiary/aromatic N) is 2. The minimum absolute atomic E-state index is 0.149. The molecule has 23 heavy (non-hydrogen) atoms. The minimum Gasteiger partial charge on any atom is -0.438 e. The summed E-state index contributed by atoms with van der Waals surface area (Å²) in [7, 11) is 0. The first-order chi connectivity index (χ1) is 11.1. The maximum Gasteiger partial charge on any atom is 0.289 e. The van der Waals surface area contributed by atoms with Gasteiger partial charge in [-0.1, -0.05) is 13.8 Å². The molecule has 3 rings (SSSR count). The summed E-state index contributed by atoms with van der Waals surface area (Å²) in [5.41, 5.74) is 0.642. The Hall–Kier alpha value is -1.40. The molecular weight excluding hydrogens is 294 g/mol. The zero-order valence-corrected chi connectivity index (χ0v) is 14.2. The lowest BCUT2D eigenvalue weighted by Gasteiger charge is -2.31. The molecule has 1 N–H and O–H groups in total. The summed E-state index contributed by atoms with van der Waals surface area (Å²) < 4.78 is 10.7. The molecule has 6 nitrogen and oxygen atoms in total. The van der Waals surface area contributed by atoms with Gasteiger partial charge in [-0.3, -0.25) is 9.69 Å². The van der Waals surface area contributed by atoms with Crippen LogP contribution in [0.15, 0.2) is 10.8 Å². The number of ether oxygens (including phenoxy) is 1. The van der Waals surface area contributed by atoms with Crippen LogP contribution in [0.2, 0.25) is 0 Å². The Bertz CT molecular complexity index is 537. The first kappa shape index (κ1) is 16.5. The Labute approximate surface area is 137 Å². The lowest BCUT2D eigenvalue weighted by Crippen LogP contribution is -2.43. The molecule has 2 atom stereocenters. The van der Waals surface area contributed by atoms with Crippen molar-refractivity contribution in [2.75, 3.05) is 26.3 Å². The van der Waals surface area contributed by atoms with Crippen molar-refractivity contribution in [3.8, 4) is 0 Å². The normalized spacial score (nSPS) is 26.8. The fourth-order valence-electron chi connectivity index (χ4n) is 3.79. The van der Waals surface area contributed by atoms with E-state index in [4.69, 9.17) is 9.15 Å². The zero-order valence-electron chi connectivity index (χ0n) is 14.2. The highest BCUT2D eigenvalue weighted by molar-refractivity contribution is 5.92. The van der Waals surface area contributed by atoms with Gasteiger partial charge in [0.2, 0.25) is 5.76 Å². The highest BCUT2D eigenvalue weighted by Crippen LogP contribution is 2.29. The number of hydrogen-bond acceptors (Lipinski definition) is 5. The smallest absolute Gasteiger partial charge is 0.289 e.